The minimum Gasteiger partial charge on any atom is -0.287 e. The van der Waals surface area contributed by atoms with Crippen LogP contribution in [0.4, 0.5) is 4.20 Å². The third-order valence-corrected chi connectivity index (χ3v) is 1.39. The highest BCUT2D eigenvalue weighted by Gasteiger charge is 2.19. The molecule has 0 aliphatic rings. The van der Waals surface area contributed by atoms with Crippen molar-refractivity contribution in [2.45, 2.75) is 0 Å². The highest BCUT2D eigenvalue weighted by Crippen LogP contribution is 2.48. The molecule has 0 radical (unpaired) electrons. The van der Waals surface area contributed by atoms with E-state index in [9.17, 15) is 8.76 Å². The number of halogens is 1. The third kappa shape index (κ3) is 4.16. The van der Waals surface area contributed by atoms with Crippen LogP contribution >= 0.6 is 7.91 Å². The van der Waals surface area contributed by atoms with Gasteiger partial charge in [-0.2, -0.15) is 0 Å². The Labute approximate surface area is 52.8 Å². The first kappa shape index (κ1) is 8.64. The largest absolute Gasteiger partial charge is 0.513 e. The van der Waals surface area contributed by atoms with E-state index >= 15 is 0 Å². The summed E-state index contributed by atoms with van der Waals surface area (Å²) in [5, 5.41) is 0. The van der Waals surface area contributed by atoms with Gasteiger partial charge in [-0.25, -0.2) is 4.57 Å². The van der Waals surface area contributed by atoms with Crippen molar-refractivity contribution >= 4 is 7.91 Å². The minimum absolute atomic E-state index is 0.346. The van der Waals surface area contributed by atoms with Gasteiger partial charge < -0.3 is 0 Å². The highest BCUT2D eigenvalue weighted by molar-refractivity contribution is 7.48. The molecule has 1 unspecified atom stereocenters. The van der Waals surface area contributed by atoms with E-state index in [4.69, 9.17) is 0 Å². The van der Waals surface area contributed by atoms with E-state index in [0.717, 1.165) is 7.11 Å². The maximum atomic E-state index is 12.0. The van der Waals surface area contributed by atoms with Gasteiger partial charge >= 0.3 is 7.91 Å². The van der Waals surface area contributed by atoms with Crippen LogP contribution in [0.3, 0.4) is 0 Å². The summed E-state index contributed by atoms with van der Waals surface area (Å²) < 4.78 is 29.9. The second-order valence-electron chi connectivity index (χ2n) is 1.09. The zero-order valence-corrected chi connectivity index (χ0v) is 5.73. The quantitative estimate of drug-likeness (QED) is 0.452. The van der Waals surface area contributed by atoms with Crippen LogP contribution < -0.4 is 0 Å². The Morgan fingerprint density at radius 1 is 1.89 bits per heavy atom. The Hall–Kier alpha value is -0.360. The lowest BCUT2D eigenvalue weighted by Crippen LogP contribution is -1.86. The Morgan fingerprint density at radius 2 is 2.44 bits per heavy atom. The Bertz CT molecular complexity index is 162. The van der Waals surface area contributed by atoms with Crippen molar-refractivity contribution in [2.24, 2.45) is 0 Å². The molecule has 0 fully saturated rings. The van der Waals surface area contributed by atoms with Crippen molar-refractivity contribution in [1.82, 2.24) is 0 Å². The van der Waals surface area contributed by atoms with Crippen molar-refractivity contribution in [3.63, 3.8) is 0 Å². The van der Waals surface area contributed by atoms with E-state index < -0.39 is 7.91 Å². The molecule has 5 heteroatoms. The molecular formula is C4H6FO3P. The number of hydrogen-bond acceptors (Lipinski definition) is 3. The molecule has 9 heavy (non-hydrogen) atoms. The van der Waals surface area contributed by atoms with Crippen molar-refractivity contribution in [3.05, 3.63) is 0 Å². The highest BCUT2D eigenvalue weighted by atomic mass is 31.2. The normalized spacial score (nSPS) is 16.1. The molecule has 0 rings (SSSR count). The predicted octanol–water partition coefficient (Wildman–Crippen LogP) is 1.36. The molecule has 0 aliphatic heterocycles. The van der Waals surface area contributed by atoms with Gasteiger partial charge in [0.2, 0.25) is 0 Å². The lowest BCUT2D eigenvalue weighted by atomic mass is 10.8. The molecule has 0 bridgehead atoms. The van der Waals surface area contributed by atoms with Crippen molar-refractivity contribution in [3.8, 4) is 12.3 Å². The predicted molar refractivity (Wildman–Crippen MR) is 30.5 cm³/mol. The van der Waals surface area contributed by atoms with Gasteiger partial charge in [0.25, 0.3) is 0 Å². The van der Waals surface area contributed by atoms with E-state index in [0.29, 0.717) is 0 Å². The van der Waals surface area contributed by atoms with Crippen LogP contribution in [-0.4, -0.2) is 13.7 Å². The molecule has 0 aromatic carbocycles. The first-order valence-electron chi connectivity index (χ1n) is 2.06. The second-order valence-corrected chi connectivity index (χ2v) is 2.58. The van der Waals surface area contributed by atoms with Crippen LogP contribution in [-0.2, 0) is 13.6 Å². The van der Waals surface area contributed by atoms with Crippen LogP contribution in [0, 0.1) is 12.3 Å². The average molecular weight is 152 g/mol. The zero-order valence-electron chi connectivity index (χ0n) is 4.83. The Morgan fingerprint density at radius 3 is 2.78 bits per heavy atom. The summed E-state index contributed by atoms with van der Waals surface area (Å²) in [5.41, 5.74) is 0. The maximum absolute atomic E-state index is 12.0. The van der Waals surface area contributed by atoms with Crippen molar-refractivity contribution in [2.75, 3.05) is 13.7 Å². The second kappa shape index (κ2) is 3.62. The molecule has 52 valence electrons. The lowest BCUT2D eigenvalue weighted by molar-refractivity contribution is 0.222. The number of terminal acetylenes is 1. The topological polar surface area (TPSA) is 35.5 Å². The summed E-state index contributed by atoms with van der Waals surface area (Å²) in [7, 11) is -3.39. The molecule has 0 saturated heterocycles. The fourth-order valence-electron chi connectivity index (χ4n) is 0.167. The van der Waals surface area contributed by atoms with E-state index in [-0.39, 0.29) is 6.61 Å². The summed E-state index contributed by atoms with van der Waals surface area (Å²) in [4.78, 5) is 0. The summed E-state index contributed by atoms with van der Waals surface area (Å²) in [6.07, 6.45) is 4.67. The van der Waals surface area contributed by atoms with Gasteiger partial charge in [0, 0.05) is 7.11 Å². The number of rotatable bonds is 3. The van der Waals surface area contributed by atoms with Gasteiger partial charge in [-0.1, -0.05) is 5.92 Å². The molecular weight excluding hydrogens is 146 g/mol. The molecule has 0 heterocycles. The lowest BCUT2D eigenvalue weighted by Gasteiger charge is -2.01. The summed E-state index contributed by atoms with van der Waals surface area (Å²) >= 11 is 0. The van der Waals surface area contributed by atoms with Crippen molar-refractivity contribution < 1.29 is 17.8 Å². The van der Waals surface area contributed by atoms with Gasteiger partial charge in [0.15, 0.2) is 0 Å². The fourth-order valence-corrected chi connectivity index (χ4v) is 0.501. The standard InChI is InChI=1S/C4H6FO3P/c1-3-4-8-9(5,6)7-2/h1H,4H2,2H3. The zero-order chi connectivity index (χ0) is 7.33. The third-order valence-electron chi connectivity index (χ3n) is 0.520. The van der Waals surface area contributed by atoms with Gasteiger partial charge in [0.05, 0.1) is 0 Å². The van der Waals surface area contributed by atoms with Crippen LogP contribution in [0.5, 0.6) is 0 Å². The first-order valence-corrected chi connectivity index (χ1v) is 3.49. The van der Waals surface area contributed by atoms with E-state index in [1.807, 2.05) is 5.92 Å². The maximum Gasteiger partial charge on any atom is 0.513 e. The van der Waals surface area contributed by atoms with Crippen LogP contribution in [0.25, 0.3) is 0 Å². The molecule has 0 aliphatic carbocycles. The van der Waals surface area contributed by atoms with E-state index in [1.54, 1.807) is 0 Å². The van der Waals surface area contributed by atoms with Gasteiger partial charge in [-0.05, 0) is 0 Å². The van der Waals surface area contributed by atoms with Crippen LogP contribution in [0.2, 0.25) is 0 Å². The Balaban J connectivity index is 3.63. The minimum atomic E-state index is -4.33. The van der Waals surface area contributed by atoms with Gasteiger partial charge in [-0.15, -0.1) is 10.6 Å². The SMILES string of the molecule is C#CCOP(=O)(F)OC. The average Bonchev–Trinajstić information content (AvgIpc) is 1.84. The summed E-state index contributed by atoms with van der Waals surface area (Å²) in [6, 6.07) is 0. The van der Waals surface area contributed by atoms with E-state index in [2.05, 4.69) is 15.5 Å². The molecule has 0 spiro atoms. The molecule has 0 aromatic heterocycles. The molecule has 1 atom stereocenters. The molecule has 0 saturated carbocycles. The monoisotopic (exact) mass is 152 g/mol. The fraction of sp³-hybridized carbons (Fsp3) is 0.500. The molecule has 0 amide bonds. The smallest absolute Gasteiger partial charge is 0.287 e. The molecule has 3 nitrogen and oxygen atoms in total. The Kier molecular flexibility index (Phi) is 3.48. The first-order chi connectivity index (χ1) is 4.12. The van der Waals surface area contributed by atoms with Gasteiger partial charge in [-0.3, -0.25) is 9.05 Å². The van der Waals surface area contributed by atoms with Crippen LogP contribution in [0.1, 0.15) is 0 Å². The number of hydrogen-bond donors (Lipinski definition) is 0. The van der Waals surface area contributed by atoms with E-state index in [1.165, 1.54) is 0 Å². The van der Waals surface area contributed by atoms with Gasteiger partial charge in [0.1, 0.15) is 6.61 Å². The van der Waals surface area contributed by atoms with Crippen LogP contribution in [0.15, 0.2) is 0 Å². The summed E-state index contributed by atoms with van der Waals surface area (Å²) in [5.74, 6) is 1.94. The molecule has 0 aromatic rings. The van der Waals surface area contributed by atoms with Crippen molar-refractivity contribution in [1.29, 1.82) is 0 Å². The molecule has 0 N–H and O–H groups in total. The summed E-state index contributed by atoms with van der Waals surface area (Å²) in [6.45, 7) is -0.346.